The van der Waals surface area contributed by atoms with Gasteiger partial charge < -0.3 is 15.1 Å². The average molecular weight is 358 g/mol. The van der Waals surface area contributed by atoms with E-state index in [2.05, 4.69) is 22.0 Å². The van der Waals surface area contributed by atoms with Crippen molar-refractivity contribution in [1.29, 1.82) is 0 Å². The van der Waals surface area contributed by atoms with Crippen molar-refractivity contribution in [2.24, 2.45) is 0 Å². The molecule has 1 N–H and O–H groups in total. The zero-order chi connectivity index (χ0) is 17.6. The third-order valence-corrected chi connectivity index (χ3v) is 4.90. The first-order valence-corrected chi connectivity index (χ1v) is 9.14. The molecule has 2 aromatic rings. The molecular weight excluding hydrogens is 334 g/mol. The molecule has 0 spiro atoms. The average Bonchev–Trinajstić information content (AvgIpc) is 2.63. The Balaban J connectivity index is 1.61. The monoisotopic (exact) mass is 357 g/mol. The Morgan fingerprint density at radius 1 is 1.08 bits per heavy atom. The lowest BCUT2D eigenvalue weighted by Gasteiger charge is -2.36. The van der Waals surface area contributed by atoms with Crippen LogP contribution in [0.4, 0.5) is 11.4 Å². The standard InChI is InChI=1S/C20H24ClN3O/c1-2-23-10-12-24(13-11-23)19-9-8-17(15-18(19)21)22-20(25)14-16-6-4-3-5-7-16/h3-9,15H,2,10-14H2,1H3,(H,22,25). The Bertz CT molecular complexity index is 712. The fourth-order valence-corrected chi connectivity index (χ4v) is 3.43. The zero-order valence-electron chi connectivity index (χ0n) is 14.5. The van der Waals surface area contributed by atoms with E-state index in [1.54, 1.807) is 0 Å². The lowest BCUT2D eigenvalue weighted by molar-refractivity contribution is -0.115. The van der Waals surface area contributed by atoms with Crippen LogP contribution in [-0.2, 0) is 11.2 Å². The number of hydrogen-bond donors (Lipinski definition) is 1. The molecule has 0 saturated carbocycles. The number of nitrogens with zero attached hydrogens (tertiary/aromatic N) is 2. The van der Waals surface area contributed by atoms with Gasteiger partial charge in [-0.15, -0.1) is 0 Å². The first kappa shape index (κ1) is 17.8. The summed E-state index contributed by atoms with van der Waals surface area (Å²) < 4.78 is 0. The Morgan fingerprint density at radius 3 is 2.44 bits per heavy atom. The molecule has 1 aliphatic heterocycles. The maximum atomic E-state index is 12.2. The Hall–Kier alpha value is -2.04. The van der Waals surface area contributed by atoms with Crippen molar-refractivity contribution in [2.45, 2.75) is 13.3 Å². The summed E-state index contributed by atoms with van der Waals surface area (Å²) in [5, 5.41) is 3.61. The normalized spacial score (nSPS) is 15.2. The van der Waals surface area contributed by atoms with Crippen molar-refractivity contribution in [3.8, 4) is 0 Å². The molecule has 1 saturated heterocycles. The van der Waals surface area contributed by atoms with E-state index in [-0.39, 0.29) is 5.91 Å². The molecule has 0 bridgehead atoms. The van der Waals surface area contributed by atoms with Gasteiger partial charge in [0.05, 0.1) is 17.1 Å². The van der Waals surface area contributed by atoms with Gasteiger partial charge in [-0.05, 0) is 30.3 Å². The minimum absolute atomic E-state index is 0.0356. The van der Waals surface area contributed by atoms with Crippen molar-refractivity contribution in [2.75, 3.05) is 42.9 Å². The van der Waals surface area contributed by atoms with Gasteiger partial charge in [0, 0.05) is 31.9 Å². The van der Waals surface area contributed by atoms with E-state index in [9.17, 15) is 4.79 Å². The smallest absolute Gasteiger partial charge is 0.228 e. The fraction of sp³-hybridized carbons (Fsp3) is 0.350. The van der Waals surface area contributed by atoms with E-state index in [4.69, 9.17) is 11.6 Å². The molecule has 3 rings (SSSR count). The second-order valence-corrected chi connectivity index (χ2v) is 6.71. The molecule has 0 aliphatic carbocycles. The number of carbonyl (C=O) groups excluding carboxylic acids is 1. The Kier molecular flexibility index (Phi) is 5.95. The molecule has 132 valence electrons. The SMILES string of the molecule is CCN1CCN(c2ccc(NC(=O)Cc3ccccc3)cc2Cl)CC1. The van der Waals surface area contributed by atoms with Gasteiger partial charge in [-0.2, -0.15) is 0 Å². The summed E-state index contributed by atoms with van der Waals surface area (Å²) in [4.78, 5) is 16.9. The molecule has 4 nitrogen and oxygen atoms in total. The lowest BCUT2D eigenvalue weighted by Crippen LogP contribution is -2.46. The number of hydrogen-bond acceptors (Lipinski definition) is 3. The van der Waals surface area contributed by atoms with Crippen LogP contribution in [0.15, 0.2) is 48.5 Å². The van der Waals surface area contributed by atoms with E-state index in [0.29, 0.717) is 11.4 Å². The van der Waals surface area contributed by atoms with Crippen molar-refractivity contribution in [1.82, 2.24) is 4.90 Å². The number of nitrogens with one attached hydrogen (secondary N) is 1. The molecule has 0 atom stereocenters. The molecule has 2 aromatic carbocycles. The summed E-state index contributed by atoms with van der Waals surface area (Å²) in [6.45, 7) is 7.36. The third kappa shape index (κ3) is 4.74. The van der Waals surface area contributed by atoms with Crippen LogP contribution in [0.1, 0.15) is 12.5 Å². The van der Waals surface area contributed by atoms with E-state index >= 15 is 0 Å². The second-order valence-electron chi connectivity index (χ2n) is 6.30. The third-order valence-electron chi connectivity index (χ3n) is 4.60. The summed E-state index contributed by atoms with van der Waals surface area (Å²) in [5.74, 6) is -0.0356. The van der Waals surface area contributed by atoms with Crippen LogP contribution in [0, 0.1) is 0 Å². The predicted octanol–water partition coefficient (Wildman–Crippen LogP) is 3.66. The predicted molar refractivity (Wildman–Crippen MR) is 105 cm³/mol. The molecule has 1 aliphatic rings. The molecular formula is C20H24ClN3O. The van der Waals surface area contributed by atoms with Crippen LogP contribution >= 0.6 is 11.6 Å². The van der Waals surface area contributed by atoms with Crippen LogP contribution in [0.2, 0.25) is 5.02 Å². The molecule has 1 amide bonds. The Morgan fingerprint density at radius 2 is 1.80 bits per heavy atom. The summed E-state index contributed by atoms with van der Waals surface area (Å²) in [6, 6.07) is 15.5. The van der Waals surface area contributed by atoms with Gasteiger partial charge in [0.1, 0.15) is 0 Å². The van der Waals surface area contributed by atoms with Gasteiger partial charge in [-0.25, -0.2) is 0 Å². The number of halogens is 1. The topological polar surface area (TPSA) is 35.6 Å². The maximum absolute atomic E-state index is 12.2. The van der Waals surface area contributed by atoms with E-state index in [1.807, 2.05) is 48.5 Å². The lowest BCUT2D eigenvalue weighted by atomic mass is 10.1. The summed E-state index contributed by atoms with van der Waals surface area (Å²) >= 11 is 6.47. The van der Waals surface area contributed by atoms with E-state index in [0.717, 1.165) is 49.7 Å². The van der Waals surface area contributed by atoms with Gasteiger partial charge >= 0.3 is 0 Å². The summed E-state index contributed by atoms with van der Waals surface area (Å²) in [7, 11) is 0. The number of benzene rings is 2. The van der Waals surface area contributed by atoms with Crippen molar-refractivity contribution in [3.05, 3.63) is 59.1 Å². The molecule has 0 unspecified atom stereocenters. The molecule has 25 heavy (non-hydrogen) atoms. The number of amides is 1. The number of piperazine rings is 1. The number of carbonyl (C=O) groups is 1. The molecule has 5 heteroatoms. The Labute approximate surface area is 154 Å². The summed E-state index contributed by atoms with van der Waals surface area (Å²) in [6.07, 6.45) is 0.360. The molecule has 1 fully saturated rings. The van der Waals surface area contributed by atoms with Crippen LogP contribution < -0.4 is 10.2 Å². The zero-order valence-corrected chi connectivity index (χ0v) is 15.3. The highest BCUT2D eigenvalue weighted by molar-refractivity contribution is 6.33. The van der Waals surface area contributed by atoms with Gasteiger partial charge in [0.2, 0.25) is 5.91 Å². The highest BCUT2D eigenvalue weighted by atomic mass is 35.5. The number of anilines is 2. The van der Waals surface area contributed by atoms with Crippen molar-refractivity contribution in [3.63, 3.8) is 0 Å². The first-order chi connectivity index (χ1) is 12.2. The minimum atomic E-state index is -0.0356. The van der Waals surface area contributed by atoms with Gasteiger partial charge in [-0.1, -0.05) is 48.9 Å². The van der Waals surface area contributed by atoms with Crippen molar-refractivity contribution >= 4 is 28.9 Å². The highest BCUT2D eigenvalue weighted by Gasteiger charge is 2.18. The van der Waals surface area contributed by atoms with Crippen LogP contribution in [0.3, 0.4) is 0 Å². The molecule has 1 heterocycles. The maximum Gasteiger partial charge on any atom is 0.228 e. The van der Waals surface area contributed by atoms with Gasteiger partial charge in [-0.3, -0.25) is 4.79 Å². The quantitative estimate of drug-likeness (QED) is 0.887. The van der Waals surface area contributed by atoms with E-state index in [1.165, 1.54) is 0 Å². The molecule has 0 aromatic heterocycles. The van der Waals surface area contributed by atoms with Gasteiger partial charge in [0.15, 0.2) is 0 Å². The largest absolute Gasteiger partial charge is 0.368 e. The highest BCUT2D eigenvalue weighted by Crippen LogP contribution is 2.29. The van der Waals surface area contributed by atoms with E-state index < -0.39 is 0 Å². The fourth-order valence-electron chi connectivity index (χ4n) is 3.13. The van der Waals surface area contributed by atoms with Crippen LogP contribution in [0.5, 0.6) is 0 Å². The van der Waals surface area contributed by atoms with Gasteiger partial charge in [0.25, 0.3) is 0 Å². The van der Waals surface area contributed by atoms with Crippen LogP contribution in [0.25, 0.3) is 0 Å². The second kappa shape index (κ2) is 8.37. The number of rotatable bonds is 5. The van der Waals surface area contributed by atoms with Crippen molar-refractivity contribution < 1.29 is 4.79 Å². The first-order valence-electron chi connectivity index (χ1n) is 8.76. The molecule has 0 radical (unpaired) electrons. The minimum Gasteiger partial charge on any atom is -0.368 e. The summed E-state index contributed by atoms with van der Waals surface area (Å²) in [5.41, 5.74) is 2.77. The number of likely N-dealkylation sites (N-methyl/N-ethyl adjacent to an activating group) is 1. The van der Waals surface area contributed by atoms with Crippen LogP contribution in [-0.4, -0.2) is 43.5 Å².